The van der Waals surface area contributed by atoms with Crippen molar-refractivity contribution >= 4 is 17.5 Å². The predicted molar refractivity (Wildman–Crippen MR) is 91.6 cm³/mol. The van der Waals surface area contributed by atoms with Gasteiger partial charge in [-0.25, -0.2) is 18.7 Å². The Balaban J connectivity index is 1.74. The Kier molecular flexibility index (Phi) is 5.21. The van der Waals surface area contributed by atoms with Gasteiger partial charge in [-0.3, -0.25) is 4.79 Å². The van der Waals surface area contributed by atoms with Gasteiger partial charge in [0.2, 0.25) is 5.95 Å². The van der Waals surface area contributed by atoms with Crippen molar-refractivity contribution in [2.75, 3.05) is 10.6 Å². The quantitative estimate of drug-likeness (QED) is 0.876. The van der Waals surface area contributed by atoms with Crippen LogP contribution in [0, 0.1) is 18.6 Å². The second-order valence-corrected chi connectivity index (χ2v) is 6.28. The number of benzene rings is 1. The van der Waals surface area contributed by atoms with Gasteiger partial charge < -0.3 is 10.6 Å². The number of carbonyl (C=O) groups is 1. The van der Waals surface area contributed by atoms with Gasteiger partial charge in [-0.2, -0.15) is 0 Å². The van der Waals surface area contributed by atoms with E-state index in [1.165, 1.54) is 25.3 Å². The lowest BCUT2D eigenvalue weighted by Crippen LogP contribution is -2.24. The number of rotatable bonds is 4. The highest BCUT2D eigenvalue weighted by Gasteiger charge is 2.16. The molecule has 0 bridgehead atoms. The molecule has 1 amide bonds. The van der Waals surface area contributed by atoms with Crippen LogP contribution < -0.4 is 10.6 Å². The molecule has 0 atom stereocenters. The number of halogens is 2. The molecule has 1 aromatic heterocycles. The topological polar surface area (TPSA) is 66.9 Å². The van der Waals surface area contributed by atoms with Crippen LogP contribution in [0.3, 0.4) is 0 Å². The first-order valence-corrected chi connectivity index (χ1v) is 8.40. The average molecular weight is 346 g/mol. The van der Waals surface area contributed by atoms with Crippen LogP contribution in [0.1, 0.15) is 48.3 Å². The van der Waals surface area contributed by atoms with Crippen LogP contribution in [0.5, 0.6) is 0 Å². The molecule has 1 aliphatic rings. The summed E-state index contributed by atoms with van der Waals surface area (Å²) in [6, 6.07) is 5.07. The second-order valence-electron chi connectivity index (χ2n) is 6.28. The molecule has 0 spiro atoms. The lowest BCUT2D eigenvalue weighted by Gasteiger charge is -2.23. The summed E-state index contributed by atoms with van der Waals surface area (Å²) in [7, 11) is 0. The molecule has 7 heteroatoms. The number of carbonyl (C=O) groups excluding carboxylic acids is 1. The predicted octanol–water partition coefficient (Wildman–Crippen LogP) is 4.06. The highest BCUT2D eigenvalue weighted by molar-refractivity contribution is 6.03. The van der Waals surface area contributed by atoms with Crippen LogP contribution in [-0.4, -0.2) is 21.9 Å². The number of aryl methyl sites for hydroxylation is 1. The molecule has 5 nitrogen and oxygen atoms in total. The van der Waals surface area contributed by atoms with Crippen molar-refractivity contribution in [2.45, 2.75) is 45.1 Å². The van der Waals surface area contributed by atoms with Crippen LogP contribution >= 0.6 is 0 Å². The van der Waals surface area contributed by atoms with Gasteiger partial charge in [0.25, 0.3) is 5.91 Å². The number of nitrogens with one attached hydrogen (secondary N) is 2. The van der Waals surface area contributed by atoms with Crippen molar-refractivity contribution < 1.29 is 13.6 Å². The van der Waals surface area contributed by atoms with E-state index in [0.717, 1.165) is 25.0 Å². The van der Waals surface area contributed by atoms with Gasteiger partial charge in [-0.05, 0) is 38.0 Å². The molecule has 1 heterocycles. The molecule has 2 N–H and O–H groups in total. The van der Waals surface area contributed by atoms with E-state index in [1.54, 1.807) is 13.0 Å². The Hall–Kier alpha value is -2.57. The van der Waals surface area contributed by atoms with Crippen LogP contribution in [0.2, 0.25) is 0 Å². The van der Waals surface area contributed by atoms with E-state index in [1.807, 2.05) is 0 Å². The molecule has 0 saturated heterocycles. The van der Waals surface area contributed by atoms with E-state index in [2.05, 4.69) is 20.6 Å². The normalized spacial score (nSPS) is 15.0. The zero-order valence-corrected chi connectivity index (χ0v) is 14.0. The summed E-state index contributed by atoms with van der Waals surface area (Å²) in [5.74, 6) is -2.06. The average Bonchev–Trinajstić information content (AvgIpc) is 2.58. The number of anilines is 2. The molecule has 0 radical (unpaired) electrons. The molecule has 0 aliphatic heterocycles. The number of hydrogen-bond donors (Lipinski definition) is 2. The van der Waals surface area contributed by atoms with Crippen LogP contribution in [0.25, 0.3) is 0 Å². The van der Waals surface area contributed by atoms with Gasteiger partial charge in [0.15, 0.2) is 11.6 Å². The summed E-state index contributed by atoms with van der Waals surface area (Å²) in [5.41, 5.74) is 1.00. The first kappa shape index (κ1) is 17.3. The molecule has 3 rings (SSSR count). The van der Waals surface area contributed by atoms with Gasteiger partial charge >= 0.3 is 0 Å². The van der Waals surface area contributed by atoms with Crippen molar-refractivity contribution in [3.63, 3.8) is 0 Å². The standard InChI is InChI=1S/C18H20F2N4O/c1-11-9-16(17(25)22-13-7-8-14(19)15(20)10-13)24-18(21-11)23-12-5-3-2-4-6-12/h7-10,12H,2-6H2,1H3,(H,22,25)(H,21,23,24). The molecular formula is C18H20F2N4O. The maximum atomic E-state index is 13.3. The summed E-state index contributed by atoms with van der Waals surface area (Å²) in [4.78, 5) is 21.0. The van der Waals surface area contributed by atoms with Crippen molar-refractivity contribution in [3.8, 4) is 0 Å². The SMILES string of the molecule is Cc1cc(C(=O)Nc2ccc(F)c(F)c2)nc(NC2CCCCC2)n1. The zero-order valence-electron chi connectivity index (χ0n) is 14.0. The molecule has 1 fully saturated rings. The Bertz CT molecular complexity index is 776. The maximum Gasteiger partial charge on any atom is 0.274 e. The summed E-state index contributed by atoms with van der Waals surface area (Å²) < 4.78 is 26.2. The van der Waals surface area contributed by atoms with Crippen molar-refractivity contribution in [3.05, 3.63) is 47.3 Å². The van der Waals surface area contributed by atoms with Crippen molar-refractivity contribution in [1.82, 2.24) is 9.97 Å². The Labute approximate surface area is 144 Å². The van der Waals surface area contributed by atoms with Crippen LogP contribution in [-0.2, 0) is 0 Å². The third kappa shape index (κ3) is 4.49. The third-order valence-corrected chi connectivity index (χ3v) is 4.20. The molecule has 1 aliphatic carbocycles. The van der Waals surface area contributed by atoms with E-state index in [0.29, 0.717) is 17.7 Å². The minimum atomic E-state index is -1.02. The zero-order chi connectivity index (χ0) is 17.8. The lowest BCUT2D eigenvalue weighted by molar-refractivity contribution is 0.102. The minimum Gasteiger partial charge on any atom is -0.351 e. The van der Waals surface area contributed by atoms with Crippen LogP contribution in [0.4, 0.5) is 20.4 Å². The van der Waals surface area contributed by atoms with Gasteiger partial charge in [0.05, 0.1) is 0 Å². The summed E-state index contributed by atoms with van der Waals surface area (Å²) in [5, 5.41) is 5.81. The van der Waals surface area contributed by atoms with Crippen molar-refractivity contribution in [2.24, 2.45) is 0 Å². The van der Waals surface area contributed by atoms with E-state index in [-0.39, 0.29) is 11.4 Å². The number of hydrogen-bond acceptors (Lipinski definition) is 4. The van der Waals surface area contributed by atoms with Gasteiger partial charge in [-0.1, -0.05) is 19.3 Å². The number of nitrogens with zero attached hydrogens (tertiary/aromatic N) is 2. The lowest BCUT2D eigenvalue weighted by atomic mass is 9.96. The van der Waals surface area contributed by atoms with Gasteiger partial charge in [0.1, 0.15) is 5.69 Å². The summed E-state index contributed by atoms with van der Waals surface area (Å²) in [6.45, 7) is 1.78. The molecule has 2 aromatic rings. The Morgan fingerprint density at radius 3 is 2.56 bits per heavy atom. The summed E-state index contributed by atoms with van der Waals surface area (Å²) >= 11 is 0. The fourth-order valence-electron chi connectivity index (χ4n) is 2.95. The number of amides is 1. The van der Waals surface area contributed by atoms with E-state index >= 15 is 0 Å². The molecule has 132 valence electrons. The first-order valence-electron chi connectivity index (χ1n) is 8.40. The summed E-state index contributed by atoms with van der Waals surface area (Å²) in [6.07, 6.45) is 5.72. The second kappa shape index (κ2) is 7.55. The first-order chi connectivity index (χ1) is 12.0. The fraction of sp³-hybridized carbons (Fsp3) is 0.389. The number of aromatic nitrogens is 2. The van der Waals surface area contributed by atoms with E-state index < -0.39 is 17.5 Å². The molecule has 1 saturated carbocycles. The monoisotopic (exact) mass is 346 g/mol. The molecule has 1 aromatic carbocycles. The largest absolute Gasteiger partial charge is 0.351 e. The minimum absolute atomic E-state index is 0.168. The van der Waals surface area contributed by atoms with E-state index in [9.17, 15) is 13.6 Å². The highest BCUT2D eigenvalue weighted by Crippen LogP contribution is 2.21. The fourth-order valence-corrected chi connectivity index (χ4v) is 2.95. The van der Waals surface area contributed by atoms with Gasteiger partial charge in [-0.15, -0.1) is 0 Å². The smallest absolute Gasteiger partial charge is 0.274 e. The van der Waals surface area contributed by atoms with Crippen molar-refractivity contribution in [1.29, 1.82) is 0 Å². The third-order valence-electron chi connectivity index (χ3n) is 4.20. The molecule has 25 heavy (non-hydrogen) atoms. The molecular weight excluding hydrogens is 326 g/mol. The van der Waals surface area contributed by atoms with Crippen LogP contribution in [0.15, 0.2) is 24.3 Å². The molecule has 0 unspecified atom stereocenters. The Morgan fingerprint density at radius 1 is 1.08 bits per heavy atom. The van der Waals surface area contributed by atoms with Gasteiger partial charge in [0, 0.05) is 23.5 Å². The maximum absolute atomic E-state index is 13.3. The van der Waals surface area contributed by atoms with E-state index in [4.69, 9.17) is 0 Å². The highest BCUT2D eigenvalue weighted by atomic mass is 19.2. The Morgan fingerprint density at radius 2 is 1.84 bits per heavy atom.